The van der Waals surface area contributed by atoms with E-state index < -0.39 is 0 Å². The predicted molar refractivity (Wildman–Crippen MR) is 84.1 cm³/mol. The van der Waals surface area contributed by atoms with Crippen LogP contribution in [0.4, 0.5) is 0 Å². The first kappa shape index (κ1) is 16.1. The average Bonchev–Trinajstić information content (AvgIpc) is 3.01. The van der Waals surface area contributed by atoms with Crippen molar-refractivity contribution < 1.29 is 9.53 Å². The zero-order valence-corrected chi connectivity index (χ0v) is 13.4. The summed E-state index contributed by atoms with van der Waals surface area (Å²) in [5.41, 5.74) is 0. The van der Waals surface area contributed by atoms with Crippen molar-refractivity contribution in [2.24, 2.45) is 5.92 Å². The third kappa shape index (κ3) is 4.93. The van der Waals surface area contributed by atoms with Crippen molar-refractivity contribution in [3.8, 4) is 0 Å². The van der Waals surface area contributed by atoms with Gasteiger partial charge < -0.3 is 15.0 Å². The Morgan fingerprint density at radius 3 is 3.00 bits per heavy atom. The second-order valence-corrected chi connectivity index (χ2v) is 7.00. The van der Waals surface area contributed by atoms with Crippen LogP contribution in [0.5, 0.6) is 0 Å². The van der Waals surface area contributed by atoms with Crippen LogP contribution in [-0.2, 0) is 9.53 Å². The van der Waals surface area contributed by atoms with Crippen molar-refractivity contribution >= 4 is 17.7 Å². The van der Waals surface area contributed by atoms with Crippen LogP contribution in [-0.4, -0.2) is 61.7 Å². The van der Waals surface area contributed by atoms with Crippen molar-refractivity contribution in [2.45, 2.75) is 38.1 Å². The molecule has 2 heterocycles. The first-order valence-electron chi connectivity index (χ1n) is 7.88. The van der Waals surface area contributed by atoms with E-state index in [2.05, 4.69) is 10.2 Å². The van der Waals surface area contributed by atoms with Gasteiger partial charge in [-0.25, -0.2) is 0 Å². The molecule has 0 aromatic rings. The lowest BCUT2D eigenvalue weighted by Crippen LogP contribution is -2.42. The highest BCUT2D eigenvalue weighted by Crippen LogP contribution is 2.24. The lowest BCUT2D eigenvalue weighted by molar-refractivity contribution is -0.134. The summed E-state index contributed by atoms with van der Waals surface area (Å²) in [6.07, 6.45) is 5.42. The minimum atomic E-state index is 0.333. The van der Waals surface area contributed by atoms with Crippen LogP contribution in [0, 0.1) is 5.92 Å². The number of hydrogen-bond donors (Lipinski definition) is 1. The highest BCUT2D eigenvalue weighted by Gasteiger charge is 2.27. The first-order valence-corrected chi connectivity index (χ1v) is 9.03. The number of methoxy groups -OCH3 is 1. The number of carbonyl (C=O) groups excluding carboxylic acids is 1. The fraction of sp³-hybridized carbons (Fsp3) is 0.933. The van der Waals surface area contributed by atoms with Crippen LogP contribution in [0.3, 0.4) is 0 Å². The second kappa shape index (κ2) is 8.90. The lowest BCUT2D eigenvalue weighted by Gasteiger charge is -2.29. The van der Waals surface area contributed by atoms with E-state index in [0.717, 1.165) is 38.2 Å². The first-order chi connectivity index (χ1) is 9.81. The van der Waals surface area contributed by atoms with Gasteiger partial charge in [0, 0.05) is 31.9 Å². The van der Waals surface area contributed by atoms with E-state index in [4.69, 9.17) is 4.74 Å². The molecule has 2 unspecified atom stereocenters. The molecule has 1 amide bonds. The van der Waals surface area contributed by atoms with Crippen molar-refractivity contribution in [1.82, 2.24) is 10.2 Å². The van der Waals surface area contributed by atoms with Gasteiger partial charge in [-0.1, -0.05) is 0 Å². The topological polar surface area (TPSA) is 41.6 Å². The lowest BCUT2D eigenvalue weighted by atomic mass is 9.94. The molecule has 2 atom stereocenters. The SMILES string of the molecule is COCCN(C(=O)CCC1CCCNC1)C1CCSC1. The van der Waals surface area contributed by atoms with Crippen LogP contribution in [0.15, 0.2) is 0 Å². The number of piperidine rings is 1. The third-order valence-electron chi connectivity index (χ3n) is 4.37. The van der Waals surface area contributed by atoms with Gasteiger partial charge in [0.15, 0.2) is 0 Å². The molecule has 1 N–H and O–H groups in total. The summed E-state index contributed by atoms with van der Waals surface area (Å²) in [5, 5.41) is 3.43. The average molecular weight is 300 g/mol. The normalized spacial score (nSPS) is 26.6. The molecule has 2 aliphatic rings. The highest BCUT2D eigenvalue weighted by molar-refractivity contribution is 7.99. The second-order valence-electron chi connectivity index (χ2n) is 5.85. The van der Waals surface area contributed by atoms with Gasteiger partial charge in [0.2, 0.25) is 5.91 Å². The van der Waals surface area contributed by atoms with E-state index in [1.54, 1.807) is 7.11 Å². The van der Waals surface area contributed by atoms with Crippen molar-refractivity contribution in [1.29, 1.82) is 0 Å². The molecule has 2 saturated heterocycles. The number of carbonyl (C=O) groups is 1. The molecule has 2 aliphatic heterocycles. The fourth-order valence-corrected chi connectivity index (χ4v) is 4.33. The molecule has 5 heteroatoms. The molecule has 0 bridgehead atoms. The number of nitrogens with zero attached hydrogens (tertiary/aromatic N) is 1. The number of ether oxygens (including phenoxy) is 1. The van der Waals surface area contributed by atoms with Crippen molar-refractivity contribution in [2.75, 3.05) is 44.9 Å². The van der Waals surface area contributed by atoms with Gasteiger partial charge >= 0.3 is 0 Å². The van der Waals surface area contributed by atoms with Crippen LogP contribution < -0.4 is 5.32 Å². The molecule has 116 valence electrons. The molecule has 2 rings (SSSR count). The van der Waals surface area contributed by atoms with E-state index in [-0.39, 0.29) is 0 Å². The number of hydrogen-bond acceptors (Lipinski definition) is 4. The Morgan fingerprint density at radius 1 is 1.45 bits per heavy atom. The number of nitrogens with one attached hydrogen (secondary N) is 1. The van der Waals surface area contributed by atoms with E-state index >= 15 is 0 Å². The van der Waals surface area contributed by atoms with Crippen LogP contribution in [0.25, 0.3) is 0 Å². The maximum atomic E-state index is 12.5. The Kier molecular flexibility index (Phi) is 7.17. The quantitative estimate of drug-likeness (QED) is 0.778. The summed E-state index contributed by atoms with van der Waals surface area (Å²) in [4.78, 5) is 14.6. The monoisotopic (exact) mass is 300 g/mol. The molecule has 0 spiro atoms. The Labute approximate surface area is 127 Å². The Hall–Kier alpha value is -0.260. The molecule has 0 radical (unpaired) electrons. The minimum Gasteiger partial charge on any atom is -0.383 e. The Bertz CT molecular complexity index is 290. The summed E-state index contributed by atoms with van der Waals surface area (Å²) in [6.45, 7) is 3.63. The molecular formula is C15H28N2O2S. The Morgan fingerprint density at radius 2 is 2.35 bits per heavy atom. The van der Waals surface area contributed by atoms with Gasteiger partial charge in [0.05, 0.1) is 6.61 Å². The molecule has 2 fully saturated rings. The van der Waals surface area contributed by atoms with E-state index in [0.29, 0.717) is 30.9 Å². The van der Waals surface area contributed by atoms with Gasteiger partial charge in [-0.3, -0.25) is 4.79 Å². The van der Waals surface area contributed by atoms with Gasteiger partial charge in [0.25, 0.3) is 0 Å². The van der Waals surface area contributed by atoms with E-state index in [9.17, 15) is 4.79 Å². The number of rotatable bonds is 7. The number of thioether (sulfide) groups is 1. The standard InChI is InChI=1S/C15H28N2O2S/c1-19-9-8-17(14-6-10-20-12-14)15(18)5-4-13-3-2-7-16-11-13/h13-14,16H,2-12H2,1H3. The number of amides is 1. The van der Waals surface area contributed by atoms with Crippen LogP contribution in [0.1, 0.15) is 32.1 Å². The molecule has 0 aromatic heterocycles. The summed E-state index contributed by atoms with van der Waals surface area (Å²) in [6, 6.07) is 0.437. The maximum Gasteiger partial charge on any atom is 0.222 e. The molecule has 0 aliphatic carbocycles. The van der Waals surface area contributed by atoms with Crippen LogP contribution >= 0.6 is 11.8 Å². The smallest absolute Gasteiger partial charge is 0.222 e. The van der Waals surface area contributed by atoms with Crippen molar-refractivity contribution in [3.63, 3.8) is 0 Å². The zero-order valence-electron chi connectivity index (χ0n) is 12.6. The van der Waals surface area contributed by atoms with Crippen LogP contribution in [0.2, 0.25) is 0 Å². The summed E-state index contributed by atoms with van der Waals surface area (Å²) in [7, 11) is 1.71. The zero-order chi connectivity index (χ0) is 14.2. The van der Waals surface area contributed by atoms with E-state index in [1.165, 1.54) is 18.6 Å². The maximum absolute atomic E-state index is 12.5. The summed E-state index contributed by atoms with van der Waals surface area (Å²) < 4.78 is 5.17. The summed E-state index contributed by atoms with van der Waals surface area (Å²) in [5.74, 6) is 3.31. The van der Waals surface area contributed by atoms with Gasteiger partial charge in [-0.2, -0.15) is 11.8 Å². The molecule has 0 saturated carbocycles. The largest absolute Gasteiger partial charge is 0.383 e. The summed E-state index contributed by atoms with van der Waals surface area (Å²) >= 11 is 1.96. The van der Waals surface area contributed by atoms with Gasteiger partial charge in [0.1, 0.15) is 0 Å². The van der Waals surface area contributed by atoms with Gasteiger partial charge in [-0.15, -0.1) is 0 Å². The Balaban J connectivity index is 1.78. The minimum absolute atomic E-state index is 0.333. The molecule has 20 heavy (non-hydrogen) atoms. The van der Waals surface area contributed by atoms with Crippen molar-refractivity contribution in [3.05, 3.63) is 0 Å². The predicted octanol–water partition coefficient (Wildman–Crippen LogP) is 1.75. The third-order valence-corrected chi connectivity index (χ3v) is 5.51. The molecule has 0 aromatic carbocycles. The van der Waals surface area contributed by atoms with Gasteiger partial charge in [-0.05, 0) is 50.4 Å². The van der Waals surface area contributed by atoms with E-state index in [1.807, 2.05) is 11.8 Å². The molecular weight excluding hydrogens is 272 g/mol. The fourth-order valence-electron chi connectivity index (χ4n) is 3.11. The highest BCUT2D eigenvalue weighted by atomic mass is 32.2. The molecule has 4 nitrogen and oxygen atoms in total.